The summed E-state index contributed by atoms with van der Waals surface area (Å²) in [6.45, 7) is 7.76. The molecule has 1 saturated heterocycles. The average molecular weight is 560 g/mol. The van der Waals surface area contributed by atoms with Crippen molar-refractivity contribution in [3.63, 3.8) is 0 Å². The van der Waals surface area contributed by atoms with Gasteiger partial charge in [0.2, 0.25) is 0 Å². The molecule has 1 aliphatic heterocycles. The van der Waals surface area contributed by atoms with Crippen molar-refractivity contribution in [2.45, 2.75) is 116 Å². The minimum Gasteiger partial charge on any atom is -0.651 e. The van der Waals surface area contributed by atoms with E-state index in [1.54, 1.807) is 0 Å². The van der Waals surface area contributed by atoms with Gasteiger partial charge in [-0.3, -0.25) is 4.79 Å². The Morgan fingerprint density at radius 3 is 2.03 bits per heavy atom. The van der Waals surface area contributed by atoms with Gasteiger partial charge in [0.1, 0.15) is 30.2 Å². The van der Waals surface area contributed by atoms with E-state index < -0.39 is 30.7 Å². The Morgan fingerprint density at radius 2 is 1.47 bits per heavy atom. The van der Waals surface area contributed by atoms with E-state index in [2.05, 4.69) is 5.32 Å². The van der Waals surface area contributed by atoms with Crippen molar-refractivity contribution < 1.29 is 97.3 Å². The summed E-state index contributed by atoms with van der Waals surface area (Å²) in [7, 11) is 0. The van der Waals surface area contributed by atoms with E-state index in [1.165, 1.54) is 0 Å². The standard InChI is InChI=1S/C24H45NO8.Rb/c1-16(2)18(27)11-7-5-9-13-31-23-19(15-26)33-24(22(30)21(23)29)32-14-10-6-8-12-20(28)25-17(3)4;/h16-17,19,21-24,26,29-30H,5-15H2,1-4H3,(H,25,28);/q;+1/p-1/t19?,21-,22?,23+,24-;/m0./s1. The molecule has 0 aliphatic carbocycles. The van der Waals surface area contributed by atoms with E-state index in [0.717, 1.165) is 19.3 Å². The average Bonchev–Trinajstić information content (AvgIpc) is 2.75. The molecular formula is C24H44NO8Rb. The van der Waals surface area contributed by atoms with Crippen LogP contribution in [0.25, 0.3) is 5.32 Å². The second-order valence-electron chi connectivity index (χ2n) is 9.27. The van der Waals surface area contributed by atoms with E-state index in [1.807, 2.05) is 27.7 Å². The van der Waals surface area contributed by atoms with Crippen molar-refractivity contribution in [2.24, 2.45) is 5.92 Å². The van der Waals surface area contributed by atoms with Gasteiger partial charge in [-0.1, -0.05) is 40.5 Å². The first-order valence-electron chi connectivity index (χ1n) is 12.3. The van der Waals surface area contributed by atoms with E-state index in [4.69, 9.17) is 14.2 Å². The number of carbonyl (C=O) groups is 2. The number of aliphatic hydroxyl groups is 3. The Balaban J connectivity index is 0.0000109. The second-order valence-corrected chi connectivity index (χ2v) is 9.27. The quantitative estimate of drug-likeness (QED) is 0.203. The van der Waals surface area contributed by atoms with Crippen molar-refractivity contribution in [3.05, 3.63) is 5.32 Å². The predicted octanol–water partition coefficient (Wildman–Crippen LogP) is -0.514. The Labute approximate surface area is 253 Å². The Kier molecular flexibility index (Phi) is 20.2. The van der Waals surface area contributed by atoms with Crippen LogP contribution in [0, 0.1) is 5.92 Å². The molecular weight excluding hydrogens is 516 g/mol. The molecule has 1 heterocycles. The second kappa shape index (κ2) is 19.8. The van der Waals surface area contributed by atoms with Crippen LogP contribution in [0.4, 0.5) is 0 Å². The zero-order chi connectivity index (χ0) is 24.8. The third-order valence-corrected chi connectivity index (χ3v) is 5.56. The maximum absolute atomic E-state index is 11.6. The predicted molar refractivity (Wildman–Crippen MR) is 124 cm³/mol. The molecule has 194 valence electrons. The van der Waals surface area contributed by atoms with Gasteiger partial charge in [-0.15, -0.1) is 6.04 Å². The number of hydrogen-bond acceptors (Lipinski definition) is 8. The first-order valence-corrected chi connectivity index (χ1v) is 12.3. The summed E-state index contributed by atoms with van der Waals surface area (Å²) in [4.78, 5) is 23.2. The van der Waals surface area contributed by atoms with Gasteiger partial charge >= 0.3 is 58.2 Å². The first-order chi connectivity index (χ1) is 15.7. The SMILES string of the molecule is CC(C)[N-]C(=O)CCCCCO[C@H]1OC(CO)[C@@H](OCCCCCC(=O)C(C)C)[C@@H](O)C1O.[Rb+]. The summed E-state index contributed by atoms with van der Waals surface area (Å²) in [5, 5.41) is 34.5. The third-order valence-electron chi connectivity index (χ3n) is 5.56. The first kappa shape index (κ1) is 34.7. The van der Waals surface area contributed by atoms with Crippen molar-refractivity contribution >= 4 is 11.7 Å². The topological polar surface area (TPSA) is 137 Å². The third kappa shape index (κ3) is 13.9. The summed E-state index contributed by atoms with van der Waals surface area (Å²) in [6.07, 6.45) is 0.109. The summed E-state index contributed by atoms with van der Waals surface area (Å²) >= 11 is 0. The fourth-order valence-corrected chi connectivity index (χ4v) is 3.59. The largest absolute Gasteiger partial charge is 1.00 e. The molecule has 9 nitrogen and oxygen atoms in total. The minimum atomic E-state index is -1.30. The van der Waals surface area contributed by atoms with Gasteiger partial charge in [-0.25, -0.2) is 0 Å². The molecule has 1 aliphatic rings. The van der Waals surface area contributed by atoms with Crippen LogP contribution < -0.4 is 58.2 Å². The number of ketones is 1. The summed E-state index contributed by atoms with van der Waals surface area (Å²) < 4.78 is 16.9. The van der Waals surface area contributed by atoms with E-state index >= 15 is 0 Å². The normalized spacial score (nSPS) is 24.8. The van der Waals surface area contributed by atoms with Crippen LogP contribution in [0.15, 0.2) is 0 Å². The number of carbonyl (C=O) groups excluding carboxylic acids is 2. The van der Waals surface area contributed by atoms with Crippen molar-refractivity contribution in [3.8, 4) is 0 Å². The number of Topliss-reactive ketones (excluding diaryl/α,β-unsaturated/α-hetero) is 1. The zero-order valence-corrected chi connectivity index (χ0v) is 26.6. The fraction of sp³-hybridized carbons (Fsp3) is 0.917. The fourth-order valence-electron chi connectivity index (χ4n) is 3.59. The van der Waals surface area contributed by atoms with Crippen LogP contribution in [-0.4, -0.2) is 83.6 Å². The molecule has 0 spiro atoms. The van der Waals surface area contributed by atoms with Crippen molar-refractivity contribution in [1.82, 2.24) is 0 Å². The van der Waals surface area contributed by atoms with Gasteiger partial charge in [0.25, 0.3) is 0 Å². The minimum absolute atomic E-state index is 0. The van der Waals surface area contributed by atoms with E-state index in [-0.39, 0.29) is 88.4 Å². The molecule has 10 heteroatoms. The maximum atomic E-state index is 11.6. The van der Waals surface area contributed by atoms with Gasteiger partial charge in [0, 0.05) is 25.6 Å². The molecule has 1 rings (SSSR count). The summed E-state index contributed by atoms with van der Waals surface area (Å²) in [6, 6.07) is 0.00450. The van der Waals surface area contributed by atoms with Crippen LogP contribution in [0.3, 0.4) is 0 Å². The molecule has 5 atom stereocenters. The number of unbranched alkanes of at least 4 members (excludes halogenated alkanes) is 4. The Bertz CT molecular complexity index is 561. The molecule has 0 aromatic rings. The summed E-state index contributed by atoms with van der Waals surface area (Å²) in [5.74, 6) is 0.199. The van der Waals surface area contributed by atoms with Crippen LogP contribution in [-0.2, 0) is 23.8 Å². The monoisotopic (exact) mass is 559 g/mol. The van der Waals surface area contributed by atoms with Gasteiger partial charge in [0.15, 0.2) is 6.29 Å². The smallest absolute Gasteiger partial charge is 0.651 e. The molecule has 3 N–H and O–H groups in total. The number of aliphatic hydroxyl groups excluding tert-OH is 3. The number of nitrogens with zero attached hydrogens (tertiary/aromatic N) is 1. The van der Waals surface area contributed by atoms with Gasteiger partial charge in [0.05, 0.1) is 12.5 Å². The molecule has 0 aromatic heterocycles. The molecule has 1 amide bonds. The van der Waals surface area contributed by atoms with Gasteiger partial charge < -0.3 is 39.6 Å². The number of amides is 1. The number of hydrogen-bond donors (Lipinski definition) is 3. The van der Waals surface area contributed by atoms with Gasteiger partial charge in [-0.2, -0.15) is 0 Å². The Hall–Kier alpha value is 0.705. The number of rotatable bonds is 17. The molecule has 1 fully saturated rings. The van der Waals surface area contributed by atoms with Crippen LogP contribution in [0.1, 0.15) is 79.1 Å². The Morgan fingerprint density at radius 1 is 0.882 bits per heavy atom. The van der Waals surface area contributed by atoms with Crippen molar-refractivity contribution in [1.29, 1.82) is 0 Å². The zero-order valence-electron chi connectivity index (χ0n) is 21.6. The van der Waals surface area contributed by atoms with E-state index in [9.17, 15) is 24.9 Å². The molecule has 0 bridgehead atoms. The van der Waals surface area contributed by atoms with Crippen molar-refractivity contribution in [2.75, 3.05) is 19.8 Å². The van der Waals surface area contributed by atoms with E-state index in [0.29, 0.717) is 45.3 Å². The molecule has 34 heavy (non-hydrogen) atoms. The van der Waals surface area contributed by atoms with Crippen LogP contribution in [0.5, 0.6) is 0 Å². The molecule has 0 saturated carbocycles. The van der Waals surface area contributed by atoms with Crippen LogP contribution in [0.2, 0.25) is 0 Å². The maximum Gasteiger partial charge on any atom is 1.00 e. The van der Waals surface area contributed by atoms with Gasteiger partial charge in [-0.05, 0) is 32.1 Å². The summed E-state index contributed by atoms with van der Waals surface area (Å²) in [5.41, 5.74) is 0. The van der Waals surface area contributed by atoms with Crippen LogP contribution >= 0.6 is 0 Å². The molecule has 0 radical (unpaired) electrons. The molecule has 2 unspecified atom stereocenters. The number of ether oxygens (including phenoxy) is 3. The molecule has 0 aromatic carbocycles.